The summed E-state index contributed by atoms with van der Waals surface area (Å²) in [7, 11) is 0. The first-order valence-electron chi connectivity index (χ1n) is 8.05. The maximum Gasteiger partial charge on any atom is 0.134 e. The molecule has 1 saturated carbocycles. The minimum Gasteiger partial charge on any atom is -0.461 e. The molecule has 0 bridgehead atoms. The minimum atomic E-state index is 0.120. The lowest BCUT2D eigenvalue weighted by Crippen LogP contribution is -2.13. The summed E-state index contributed by atoms with van der Waals surface area (Å²) in [5.41, 5.74) is 8.73. The Kier molecular flexibility index (Phi) is 4.11. The Morgan fingerprint density at radius 2 is 2.00 bits per heavy atom. The van der Waals surface area contributed by atoms with Crippen molar-refractivity contribution in [3.63, 3.8) is 0 Å². The van der Waals surface area contributed by atoms with Crippen LogP contribution in [-0.2, 0) is 6.42 Å². The van der Waals surface area contributed by atoms with Crippen molar-refractivity contribution >= 4 is 11.0 Å². The molecule has 0 radical (unpaired) electrons. The lowest BCUT2D eigenvalue weighted by Gasteiger charge is -2.15. The SMILES string of the molecule is CCc1oc2ccccc2c1C(N)CCC1CCCC1. The molecule has 0 saturated heterocycles. The van der Waals surface area contributed by atoms with Crippen LogP contribution in [0.25, 0.3) is 11.0 Å². The molecule has 0 aliphatic heterocycles. The van der Waals surface area contributed by atoms with Gasteiger partial charge in [0.05, 0.1) is 0 Å². The van der Waals surface area contributed by atoms with Gasteiger partial charge in [0, 0.05) is 23.4 Å². The van der Waals surface area contributed by atoms with Gasteiger partial charge in [-0.2, -0.15) is 0 Å². The quantitative estimate of drug-likeness (QED) is 0.834. The molecule has 0 amide bonds. The van der Waals surface area contributed by atoms with E-state index in [2.05, 4.69) is 19.1 Å². The van der Waals surface area contributed by atoms with Gasteiger partial charge in [-0.25, -0.2) is 0 Å². The molecule has 1 fully saturated rings. The molecule has 20 heavy (non-hydrogen) atoms. The van der Waals surface area contributed by atoms with Crippen molar-refractivity contribution in [2.45, 2.75) is 57.9 Å². The molecular weight excluding hydrogens is 246 g/mol. The Morgan fingerprint density at radius 1 is 1.25 bits per heavy atom. The van der Waals surface area contributed by atoms with Crippen molar-refractivity contribution in [1.82, 2.24) is 0 Å². The van der Waals surface area contributed by atoms with Crippen LogP contribution in [0.5, 0.6) is 0 Å². The third kappa shape index (κ3) is 2.62. The van der Waals surface area contributed by atoms with Crippen LogP contribution < -0.4 is 5.73 Å². The molecule has 2 heteroatoms. The van der Waals surface area contributed by atoms with E-state index in [0.717, 1.165) is 30.1 Å². The molecule has 1 aromatic heterocycles. The van der Waals surface area contributed by atoms with E-state index in [1.807, 2.05) is 12.1 Å². The number of para-hydroxylation sites is 1. The Balaban J connectivity index is 1.80. The average Bonchev–Trinajstić information content (AvgIpc) is 3.11. The van der Waals surface area contributed by atoms with Crippen molar-refractivity contribution in [1.29, 1.82) is 0 Å². The van der Waals surface area contributed by atoms with Gasteiger partial charge in [-0.05, 0) is 24.8 Å². The van der Waals surface area contributed by atoms with E-state index in [1.54, 1.807) is 0 Å². The molecule has 1 aromatic carbocycles. The van der Waals surface area contributed by atoms with E-state index >= 15 is 0 Å². The summed E-state index contributed by atoms with van der Waals surface area (Å²) in [5, 5.41) is 1.21. The number of fused-ring (bicyclic) bond motifs is 1. The second kappa shape index (κ2) is 6.01. The Morgan fingerprint density at radius 3 is 2.75 bits per heavy atom. The summed E-state index contributed by atoms with van der Waals surface area (Å²) in [6, 6.07) is 8.41. The molecule has 1 aliphatic carbocycles. The van der Waals surface area contributed by atoms with E-state index in [0.29, 0.717) is 0 Å². The van der Waals surface area contributed by atoms with Crippen LogP contribution in [0.15, 0.2) is 28.7 Å². The first kappa shape index (κ1) is 13.7. The van der Waals surface area contributed by atoms with Gasteiger partial charge in [-0.1, -0.05) is 50.8 Å². The molecule has 3 rings (SSSR count). The van der Waals surface area contributed by atoms with Crippen LogP contribution in [0.3, 0.4) is 0 Å². The van der Waals surface area contributed by atoms with E-state index in [1.165, 1.54) is 43.1 Å². The molecule has 1 unspecified atom stereocenters. The summed E-state index contributed by atoms with van der Waals surface area (Å²) in [4.78, 5) is 0. The molecule has 2 N–H and O–H groups in total. The highest BCUT2D eigenvalue weighted by Gasteiger charge is 2.21. The molecule has 1 atom stereocenters. The van der Waals surface area contributed by atoms with Crippen molar-refractivity contribution in [2.24, 2.45) is 11.7 Å². The Hall–Kier alpha value is -1.28. The maximum atomic E-state index is 6.50. The van der Waals surface area contributed by atoms with Crippen LogP contribution in [0.4, 0.5) is 0 Å². The van der Waals surface area contributed by atoms with Gasteiger partial charge in [0.2, 0.25) is 0 Å². The first-order chi connectivity index (χ1) is 9.79. The van der Waals surface area contributed by atoms with E-state index in [9.17, 15) is 0 Å². The summed E-state index contributed by atoms with van der Waals surface area (Å²) < 4.78 is 5.96. The fourth-order valence-corrected chi connectivity index (χ4v) is 3.64. The smallest absolute Gasteiger partial charge is 0.134 e. The molecule has 0 spiro atoms. The van der Waals surface area contributed by atoms with E-state index in [-0.39, 0.29) is 6.04 Å². The number of hydrogen-bond acceptors (Lipinski definition) is 2. The zero-order valence-corrected chi connectivity index (χ0v) is 12.4. The highest BCUT2D eigenvalue weighted by atomic mass is 16.3. The average molecular weight is 271 g/mol. The normalized spacial score (nSPS) is 17.9. The largest absolute Gasteiger partial charge is 0.461 e. The van der Waals surface area contributed by atoms with Crippen LogP contribution in [0.2, 0.25) is 0 Å². The number of rotatable bonds is 5. The zero-order valence-electron chi connectivity index (χ0n) is 12.4. The lowest BCUT2D eigenvalue weighted by atomic mass is 9.93. The number of nitrogens with two attached hydrogens (primary N) is 1. The van der Waals surface area contributed by atoms with Crippen molar-refractivity contribution in [3.8, 4) is 0 Å². The topological polar surface area (TPSA) is 39.2 Å². The molecule has 1 heterocycles. The Labute approximate surface area is 121 Å². The third-order valence-corrected chi connectivity index (χ3v) is 4.76. The van der Waals surface area contributed by atoms with E-state index < -0.39 is 0 Å². The van der Waals surface area contributed by atoms with Crippen LogP contribution >= 0.6 is 0 Å². The van der Waals surface area contributed by atoms with Gasteiger partial charge >= 0.3 is 0 Å². The maximum absolute atomic E-state index is 6.50. The molecular formula is C18H25NO. The monoisotopic (exact) mass is 271 g/mol. The second-order valence-corrected chi connectivity index (χ2v) is 6.12. The second-order valence-electron chi connectivity index (χ2n) is 6.12. The van der Waals surface area contributed by atoms with Crippen molar-refractivity contribution in [2.75, 3.05) is 0 Å². The van der Waals surface area contributed by atoms with Crippen LogP contribution in [0.1, 0.15) is 62.8 Å². The van der Waals surface area contributed by atoms with Gasteiger partial charge in [0.1, 0.15) is 11.3 Å². The third-order valence-electron chi connectivity index (χ3n) is 4.76. The zero-order chi connectivity index (χ0) is 13.9. The number of furan rings is 1. The van der Waals surface area contributed by atoms with Crippen molar-refractivity contribution < 1.29 is 4.42 Å². The fraction of sp³-hybridized carbons (Fsp3) is 0.556. The van der Waals surface area contributed by atoms with Crippen LogP contribution in [-0.4, -0.2) is 0 Å². The number of aryl methyl sites for hydroxylation is 1. The fourth-order valence-electron chi connectivity index (χ4n) is 3.64. The summed E-state index contributed by atoms with van der Waals surface area (Å²) in [6.07, 6.45) is 8.90. The van der Waals surface area contributed by atoms with Crippen molar-refractivity contribution in [3.05, 3.63) is 35.6 Å². The highest BCUT2D eigenvalue weighted by molar-refractivity contribution is 5.82. The number of hydrogen-bond donors (Lipinski definition) is 1. The van der Waals surface area contributed by atoms with Crippen LogP contribution in [0, 0.1) is 5.92 Å². The summed E-state index contributed by atoms with van der Waals surface area (Å²) >= 11 is 0. The van der Waals surface area contributed by atoms with Gasteiger partial charge in [-0.3, -0.25) is 0 Å². The first-order valence-corrected chi connectivity index (χ1v) is 8.05. The van der Waals surface area contributed by atoms with Gasteiger partial charge in [0.15, 0.2) is 0 Å². The molecule has 1 aliphatic rings. The predicted molar refractivity (Wildman–Crippen MR) is 83.7 cm³/mol. The summed E-state index contributed by atoms with van der Waals surface area (Å²) in [5.74, 6) is 1.98. The molecule has 2 aromatic rings. The lowest BCUT2D eigenvalue weighted by molar-refractivity contribution is 0.449. The minimum absolute atomic E-state index is 0.120. The van der Waals surface area contributed by atoms with Gasteiger partial charge < -0.3 is 10.2 Å². The standard InChI is InChI=1S/C18H25NO/c1-2-16-18(14-9-5-6-10-17(14)20-16)15(19)12-11-13-7-3-4-8-13/h5-6,9-10,13,15H,2-4,7-8,11-12,19H2,1H3. The van der Waals surface area contributed by atoms with E-state index in [4.69, 9.17) is 10.2 Å². The Bertz CT molecular complexity index is 566. The molecule has 2 nitrogen and oxygen atoms in total. The van der Waals surface area contributed by atoms with Gasteiger partial charge in [-0.15, -0.1) is 0 Å². The predicted octanol–water partition coefficient (Wildman–Crippen LogP) is 4.97. The number of benzene rings is 1. The highest BCUT2D eigenvalue weighted by Crippen LogP contribution is 2.35. The summed E-state index contributed by atoms with van der Waals surface area (Å²) in [6.45, 7) is 2.14. The molecule has 108 valence electrons. The van der Waals surface area contributed by atoms with Gasteiger partial charge in [0.25, 0.3) is 0 Å².